The van der Waals surface area contributed by atoms with E-state index >= 15 is 0 Å². The summed E-state index contributed by atoms with van der Waals surface area (Å²) in [6.07, 6.45) is 0. The van der Waals surface area contributed by atoms with Gasteiger partial charge in [0.15, 0.2) is 11.5 Å². The first kappa shape index (κ1) is 15.4. The van der Waals surface area contributed by atoms with Crippen LogP contribution in [0.15, 0.2) is 36.4 Å². The van der Waals surface area contributed by atoms with Crippen molar-refractivity contribution in [2.24, 2.45) is 0 Å². The van der Waals surface area contributed by atoms with Crippen LogP contribution in [0.25, 0.3) is 0 Å². The minimum absolute atomic E-state index is 0.299. The topological polar surface area (TPSA) is 27.7 Å². The summed E-state index contributed by atoms with van der Waals surface area (Å²) in [5.41, 5.74) is 1.56. The molecule has 1 unspecified atom stereocenters. The van der Waals surface area contributed by atoms with Gasteiger partial charge in [0, 0.05) is 0 Å². The molecule has 0 amide bonds. The lowest BCUT2D eigenvalue weighted by molar-refractivity contribution is 0.324. The molecule has 0 bridgehead atoms. The molecule has 112 valence electrons. The Morgan fingerprint density at radius 3 is 1.81 bits per heavy atom. The maximum Gasteiger partial charge on any atom is 0.203 e. The van der Waals surface area contributed by atoms with Crippen LogP contribution < -0.4 is 14.2 Å². The number of hydrogen-bond donors (Lipinski definition) is 0. The molecule has 0 heterocycles. The molecule has 5 heteroatoms. The van der Waals surface area contributed by atoms with E-state index in [1.807, 2.05) is 0 Å². The van der Waals surface area contributed by atoms with Crippen molar-refractivity contribution in [2.45, 2.75) is 5.38 Å². The van der Waals surface area contributed by atoms with Crippen molar-refractivity contribution in [1.29, 1.82) is 0 Å². The minimum Gasteiger partial charge on any atom is -0.493 e. The number of alkyl halides is 1. The SMILES string of the molecule is COc1cc(C(Cl)c2ccc(F)cc2)cc(OC)c1OC. The highest BCUT2D eigenvalue weighted by Gasteiger charge is 2.18. The molecule has 0 aliphatic heterocycles. The van der Waals surface area contributed by atoms with Crippen LogP contribution in [-0.2, 0) is 0 Å². The summed E-state index contributed by atoms with van der Waals surface area (Å²) in [6.45, 7) is 0. The first-order chi connectivity index (χ1) is 10.1. The highest BCUT2D eigenvalue weighted by molar-refractivity contribution is 6.22. The van der Waals surface area contributed by atoms with Crippen molar-refractivity contribution in [3.05, 3.63) is 53.3 Å². The quantitative estimate of drug-likeness (QED) is 0.775. The van der Waals surface area contributed by atoms with Gasteiger partial charge in [-0.3, -0.25) is 0 Å². The van der Waals surface area contributed by atoms with Gasteiger partial charge in [-0.25, -0.2) is 4.39 Å². The summed E-state index contributed by atoms with van der Waals surface area (Å²) in [6, 6.07) is 9.61. The standard InChI is InChI=1S/C16H16ClFO3/c1-19-13-8-11(9-14(20-2)16(13)21-3)15(17)10-4-6-12(18)7-5-10/h4-9,15H,1-3H3. The van der Waals surface area contributed by atoms with E-state index in [9.17, 15) is 4.39 Å². The summed E-state index contributed by atoms with van der Waals surface area (Å²) in [7, 11) is 4.63. The molecule has 0 fully saturated rings. The third-order valence-electron chi connectivity index (χ3n) is 3.14. The summed E-state index contributed by atoms with van der Waals surface area (Å²) < 4.78 is 28.9. The molecule has 0 aliphatic carbocycles. The smallest absolute Gasteiger partial charge is 0.203 e. The van der Waals surface area contributed by atoms with Crippen molar-refractivity contribution in [2.75, 3.05) is 21.3 Å². The Kier molecular flexibility index (Phi) is 4.91. The van der Waals surface area contributed by atoms with Crippen molar-refractivity contribution < 1.29 is 18.6 Å². The number of rotatable bonds is 5. The van der Waals surface area contributed by atoms with Gasteiger partial charge in [-0.05, 0) is 35.4 Å². The van der Waals surface area contributed by atoms with Crippen molar-refractivity contribution >= 4 is 11.6 Å². The average molecular weight is 311 g/mol. The molecule has 21 heavy (non-hydrogen) atoms. The van der Waals surface area contributed by atoms with Crippen LogP contribution in [0.2, 0.25) is 0 Å². The van der Waals surface area contributed by atoms with Gasteiger partial charge in [-0.2, -0.15) is 0 Å². The number of halogens is 2. The number of benzene rings is 2. The lowest BCUT2D eigenvalue weighted by atomic mass is 10.0. The van der Waals surface area contributed by atoms with E-state index in [1.165, 1.54) is 19.2 Å². The van der Waals surface area contributed by atoms with E-state index in [0.29, 0.717) is 17.2 Å². The molecule has 0 radical (unpaired) electrons. The second-order valence-electron chi connectivity index (χ2n) is 4.37. The summed E-state index contributed by atoms with van der Waals surface area (Å²) in [5.74, 6) is 1.26. The summed E-state index contributed by atoms with van der Waals surface area (Å²) in [5, 5.41) is -0.445. The first-order valence-corrected chi connectivity index (χ1v) is 6.73. The van der Waals surface area contributed by atoms with Crippen LogP contribution >= 0.6 is 11.6 Å². The molecule has 0 aliphatic rings. The molecule has 0 N–H and O–H groups in total. The fourth-order valence-corrected chi connectivity index (χ4v) is 2.34. The van der Waals surface area contributed by atoms with Gasteiger partial charge < -0.3 is 14.2 Å². The van der Waals surface area contributed by atoms with Gasteiger partial charge >= 0.3 is 0 Å². The van der Waals surface area contributed by atoms with Crippen LogP contribution in [0.3, 0.4) is 0 Å². The van der Waals surface area contributed by atoms with Gasteiger partial charge in [0.25, 0.3) is 0 Å². The monoisotopic (exact) mass is 310 g/mol. The fraction of sp³-hybridized carbons (Fsp3) is 0.250. The van der Waals surface area contributed by atoms with Crippen molar-refractivity contribution in [3.63, 3.8) is 0 Å². The molecule has 1 atom stereocenters. The average Bonchev–Trinajstić information content (AvgIpc) is 2.53. The Labute approximate surface area is 128 Å². The highest BCUT2D eigenvalue weighted by atomic mass is 35.5. The van der Waals surface area contributed by atoms with Crippen molar-refractivity contribution in [1.82, 2.24) is 0 Å². The zero-order valence-corrected chi connectivity index (χ0v) is 12.8. The van der Waals surface area contributed by atoms with E-state index in [0.717, 1.165) is 11.1 Å². The van der Waals surface area contributed by atoms with E-state index in [2.05, 4.69) is 0 Å². The highest BCUT2D eigenvalue weighted by Crippen LogP contribution is 2.42. The minimum atomic E-state index is -0.445. The Bertz CT molecular complexity index is 588. The third kappa shape index (κ3) is 3.22. The molecular weight excluding hydrogens is 295 g/mol. The van der Waals surface area contributed by atoms with Crippen LogP contribution in [0.5, 0.6) is 17.2 Å². The van der Waals surface area contributed by atoms with Crippen molar-refractivity contribution in [3.8, 4) is 17.2 Å². The number of methoxy groups -OCH3 is 3. The molecule has 2 aromatic rings. The van der Waals surface area contributed by atoms with Gasteiger partial charge in [0.1, 0.15) is 5.82 Å². The largest absolute Gasteiger partial charge is 0.493 e. The Morgan fingerprint density at radius 1 is 0.857 bits per heavy atom. The maximum atomic E-state index is 13.0. The zero-order chi connectivity index (χ0) is 15.4. The third-order valence-corrected chi connectivity index (χ3v) is 3.65. The van der Waals surface area contributed by atoms with Gasteiger partial charge in [-0.1, -0.05) is 12.1 Å². The summed E-state index contributed by atoms with van der Waals surface area (Å²) in [4.78, 5) is 0. The molecular formula is C16H16ClFO3. The predicted octanol–water partition coefficient (Wildman–Crippen LogP) is 4.18. The molecule has 0 aromatic heterocycles. The number of ether oxygens (including phenoxy) is 3. The molecule has 0 saturated heterocycles. The van der Waals surface area contributed by atoms with Crippen LogP contribution in [-0.4, -0.2) is 21.3 Å². The second-order valence-corrected chi connectivity index (χ2v) is 4.81. The number of hydrogen-bond acceptors (Lipinski definition) is 3. The lowest BCUT2D eigenvalue weighted by Gasteiger charge is -2.17. The Hall–Kier alpha value is -1.94. The van der Waals surface area contributed by atoms with Crippen LogP contribution in [0.1, 0.15) is 16.5 Å². The Balaban J connectivity index is 2.45. The van der Waals surface area contributed by atoms with E-state index < -0.39 is 5.38 Å². The van der Waals surface area contributed by atoms with E-state index in [4.69, 9.17) is 25.8 Å². The molecule has 0 saturated carbocycles. The van der Waals surface area contributed by atoms with E-state index in [-0.39, 0.29) is 5.82 Å². The predicted molar refractivity (Wildman–Crippen MR) is 80.2 cm³/mol. The van der Waals surface area contributed by atoms with Crippen LogP contribution in [0, 0.1) is 5.82 Å². The maximum absolute atomic E-state index is 13.0. The first-order valence-electron chi connectivity index (χ1n) is 6.30. The van der Waals surface area contributed by atoms with Crippen LogP contribution in [0.4, 0.5) is 4.39 Å². The lowest BCUT2D eigenvalue weighted by Crippen LogP contribution is -1.99. The summed E-state index contributed by atoms with van der Waals surface area (Å²) >= 11 is 6.46. The molecule has 3 nitrogen and oxygen atoms in total. The van der Waals surface area contributed by atoms with Gasteiger partial charge in [0.05, 0.1) is 26.7 Å². The van der Waals surface area contributed by atoms with Gasteiger partial charge in [-0.15, -0.1) is 11.6 Å². The molecule has 0 spiro atoms. The zero-order valence-electron chi connectivity index (χ0n) is 12.0. The Morgan fingerprint density at radius 2 is 1.38 bits per heavy atom. The molecule has 2 aromatic carbocycles. The normalized spacial score (nSPS) is 11.9. The molecule has 2 rings (SSSR count). The van der Waals surface area contributed by atoms with E-state index in [1.54, 1.807) is 38.5 Å². The fourth-order valence-electron chi connectivity index (χ4n) is 2.07. The van der Waals surface area contributed by atoms with Gasteiger partial charge in [0.2, 0.25) is 5.75 Å². The second kappa shape index (κ2) is 6.68.